The first kappa shape index (κ1) is 26.4. The Morgan fingerprint density at radius 1 is 1.08 bits per heavy atom. The lowest BCUT2D eigenvalue weighted by atomic mass is 10.1. The summed E-state index contributed by atoms with van der Waals surface area (Å²) in [6, 6.07) is 14.6. The maximum absolute atomic E-state index is 13.4. The average molecular weight is 589 g/mol. The van der Waals surface area contributed by atoms with Crippen LogP contribution in [0.5, 0.6) is 11.5 Å². The summed E-state index contributed by atoms with van der Waals surface area (Å²) in [6.07, 6.45) is 1.50. The Morgan fingerprint density at radius 3 is 2.51 bits per heavy atom. The molecule has 4 rings (SSSR count). The fourth-order valence-electron chi connectivity index (χ4n) is 3.44. The molecule has 1 fully saturated rings. The van der Waals surface area contributed by atoms with E-state index in [9.17, 15) is 23.2 Å². The van der Waals surface area contributed by atoms with E-state index in [0.29, 0.717) is 38.9 Å². The average Bonchev–Trinajstić information content (AvgIpc) is 3.10. The fourth-order valence-corrected chi connectivity index (χ4v) is 4.86. The molecule has 0 aromatic heterocycles. The van der Waals surface area contributed by atoms with Crippen LogP contribution < -0.4 is 14.8 Å². The zero-order valence-corrected chi connectivity index (χ0v) is 21.7. The number of halogens is 3. The highest BCUT2D eigenvalue weighted by atomic mass is 79.9. The Labute approximate surface area is 223 Å². The van der Waals surface area contributed by atoms with Gasteiger partial charge in [-0.1, -0.05) is 18.2 Å². The number of thioether (sulfide) groups is 1. The number of carbonyl (C=O) groups is 3. The maximum atomic E-state index is 13.4. The molecule has 37 heavy (non-hydrogen) atoms. The van der Waals surface area contributed by atoms with Crippen LogP contribution in [0.25, 0.3) is 6.08 Å². The van der Waals surface area contributed by atoms with Gasteiger partial charge in [-0.15, -0.1) is 0 Å². The van der Waals surface area contributed by atoms with E-state index in [0.717, 1.165) is 11.0 Å². The van der Waals surface area contributed by atoms with Crippen molar-refractivity contribution in [1.29, 1.82) is 0 Å². The third-order valence-electron chi connectivity index (χ3n) is 5.11. The zero-order chi connectivity index (χ0) is 26.5. The molecule has 1 heterocycles. The van der Waals surface area contributed by atoms with E-state index in [2.05, 4.69) is 21.2 Å². The number of benzene rings is 3. The molecule has 190 valence electrons. The van der Waals surface area contributed by atoms with Gasteiger partial charge in [-0.2, -0.15) is 0 Å². The fraction of sp³-hybridized carbons (Fsp3) is 0.115. The monoisotopic (exact) mass is 588 g/mol. The smallest absolute Gasteiger partial charge is 0.294 e. The van der Waals surface area contributed by atoms with Crippen molar-refractivity contribution in [1.82, 2.24) is 4.90 Å². The van der Waals surface area contributed by atoms with Crippen molar-refractivity contribution < 1.29 is 32.6 Å². The van der Waals surface area contributed by atoms with Crippen molar-refractivity contribution in [2.75, 3.05) is 19.0 Å². The molecule has 0 saturated carbocycles. The van der Waals surface area contributed by atoms with Crippen LogP contribution in [0.1, 0.15) is 11.1 Å². The molecule has 11 heteroatoms. The molecule has 0 spiro atoms. The van der Waals surface area contributed by atoms with Gasteiger partial charge >= 0.3 is 0 Å². The van der Waals surface area contributed by atoms with Crippen LogP contribution in [-0.4, -0.2) is 35.6 Å². The summed E-state index contributed by atoms with van der Waals surface area (Å²) in [7, 11) is 1.45. The van der Waals surface area contributed by atoms with Gasteiger partial charge in [-0.05, 0) is 87.4 Å². The number of ether oxygens (including phenoxy) is 2. The number of anilines is 1. The Morgan fingerprint density at radius 2 is 1.81 bits per heavy atom. The maximum Gasteiger partial charge on any atom is 0.294 e. The predicted molar refractivity (Wildman–Crippen MR) is 139 cm³/mol. The SMILES string of the molecule is COc1cc(/C=C2/SC(=O)N(CC(=O)Nc3cccc(F)c3)C2=O)cc(Br)c1OCc1cccc(F)c1. The summed E-state index contributed by atoms with van der Waals surface area (Å²) < 4.78 is 38.5. The van der Waals surface area contributed by atoms with Gasteiger partial charge in [-0.25, -0.2) is 8.78 Å². The summed E-state index contributed by atoms with van der Waals surface area (Å²) in [4.78, 5) is 38.5. The van der Waals surface area contributed by atoms with E-state index >= 15 is 0 Å². The van der Waals surface area contributed by atoms with Gasteiger partial charge < -0.3 is 14.8 Å². The lowest BCUT2D eigenvalue weighted by Crippen LogP contribution is -2.36. The van der Waals surface area contributed by atoms with Gasteiger partial charge in [0, 0.05) is 5.69 Å². The van der Waals surface area contributed by atoms with Crippen molar-refractivity contribution in [3.05, 3.63) is 92.8 Å². The van der Waals surface area contributed by atoms with Crippen LogP contribution in [0.4, 0.5) is 19.3 Å². The molecule has 1 aliphatic rings. The van der Waals surface area contributed by atoms with Crippen LogP contribution in [0.15, 0.2) is 70.0 Å². The zero-order valence-electron chi connectivity index (χ0n) is 19.3. The van der Waals surface area contributed by atoms with Gasteiger partial charge in [0.2, 0.25) is 5.91 Å². The highest BCUT2D eigenvalue weighted by Gasteiger charge is 2.36. The second-order valence-corrected chi connectivity index (χ2v) is 9.63. The number of nitrogens with zero attached hydrogens (tertiary/aromatic N) is 1. The molecule has 0 bridgehead atoms. The number of hydrogen-bond donors (Lipinski definition) is 1. The van der Waals surface area contributed by atoms with Crippen molar-refractivity contribution in [3.8, 4) is 11.5 Å². The van der Waals surface area contributed by atoms with E-state index in [1.807, 2.05) is 0 Å². The summed E-state index contributed by atoms with van der Waals surface area (Å²) in [5.74, 6) is -1.44. The highest BCUT2D eigenvalue weighted by molar-refractivity contribution is 9.10. The van der Waals surface area contributed by atoms with Crippen LogP contribution in [0.2, 0.25) is 0 Å². The molecule has 0 unspecified atom stereocenters. The normalized spacial score (nSPS) is 14.3. The molecule has 0 atom stereocenters. The Balaban J connectivity index is 1.47. The molecule has 0 radical (unpaired) electrons. The lowest BCUT2D eigenvalue weighted by Gasteiger charge is -2.14. The van der Waals surface area contributed by atoms with Crippen molar-refractivity contribution in [2.45, 2.75) is 6.61 Å². The minimum Gasteiger partial charge on any atom is -0.493 e. The quantitative estimate of drug-likeness (QED) is 0.325. The van der Waals surface area contributed by atoms with Crippen LogP contribution >= 0.6 is 27.7 Å². The first-order valence-corrected chi connectivity index (χ1v) is 12.4. The minimum atomic E-state index is -0.640. The standard InChI is InChI=1S/C26H19BrF2N2O5S/c1-35-21-10-16(9-20(27)24(21)36-14-15-4-2-5-17(28)8-15)11-22-25(33)31(26(34)37-22)13-23(32)30-19-7-3-6-18(29)12-19/h2-12H,13-14H2,1H3,(H,30,32)/b22-11+. The molecule has 3 aromatic carbocycles. The number of nitrogens with one attached hydrogen (secondary N) is 1. The van der Waals surface area contributed by atoms with E-state index in [1.54, 1.807) is 24.3 Å². The van der Waals surface area contributed by atoms with Crippen LogP contribution in [0, 0.1) is 11.6 Å². The first-order chi connectivity index (χ1) is 17.7. The summed E-state index contributed by atoms with van der Waals surface area (Å²) in [6.45, 7) is -0.416. The number of methoxy groups -OCH3 is 1. The lowest BCUT2D eigenvalue weighted by molar-refractivity contribution is -0.127. The van der Waals surface area contributed by atoms with Crippen LogP contribution in [0.3, 0.4) is 0 Å². The van der Waals surface area contributed by atoms with E-state index < -0.39 is 29.4 Å². The van der Waals surface area contributed by atoms with Gasteiger partial charge in [0.15, 0.2) is 11.5 Å². The number of imide groups is 1. The predicted octanol–water partition coefficient (Wildman–Crippen LogP) is 5.99. The summed E-state index contributed by atoms with van der Waals surface area (Å²) in [5.41, 5.74) is 1.38. The highest BCUT2D eigenvalue weighted by Crippen LogP contribution is 2.39. The molecule has 1 aliphatic heterocycles. The Bertz CT molecular complexity index is 1420. The molecule has 3 amide bonds. The second kappa shape index (κ2) is 11.6. The van der Waals surface area contributed by atoms with Crippen molar-refractivity contribution in [2.24, 2.45) is 0 Å². The number of hydrogen-bond acceptors (Lipinski definition) is 6. The summed E-state index contributed by atoms with van der Waals surface area (Å²) >= 11 is 4.12. The van der Waals surface area contributed by atoms with Crippen molar-refractivity contribution >= 4 is 56.5 Å². The van der Waals surface area contributed by atoms with E-state index in [-0.39, 0.29) is 23.0 Å². The van der Waals surface area contributed by atoms with Gasteiger partial charge in [0.05, 0.1) is 16.5 Å². The molecule has 1 saturated heterocycles. The summed E-state index contributed by atoms with van der Waals surface area (Å²) in [5, 5.41) is 1.85. The van der Waals surface area contributed by atoms with E-state index in [1.165, 1.54) is 43.5 Å². The van der Waals surface area contributed by atoms with Crippen molar-refractivity contribution in [3.63, 3.8) is 0 Å². The number of rotatable bonds is 8. The molecule has 0 aliphatic carbocycles. The third kappa shape index (κ3) is 6.55. The topological polar surface area (TPSA) is 84.9 Å². The van der Waals surface area contributed by atoms with E-state index in [4.69, 9.17) is 9.47 Å². The number of carbonyl (C=O) groups excluding carboxylic acids is 3. The van der Waals surface area contributed by atoms with Gasteiger partial charge in [-0.3, -0.25) is 19.3 Å². The largest absolute Gasteiger partial charge is 0.493 e. The second-order valence-electron chi connectivity index (χ2n) is 7.78. The Hall–Kier alpha value is -3.70. The van der Waals surface area contributed by atoms with Crippen LogP contribution in [-0.2, 0) is 16.2 Å². The number of amides is 3. The van der Waals surface area contributed by atoms with Gasteiger partial charge in [0.1, 0.15) is 24.8 Å². The molecular weight excluding hydrogens is 570 g/mol. The molecule has 1 N–H and O–H groups in total. The molecule has 7 nitrogen and oxygen atoms in total. The Kier molecular flexibility index (Phi) is 8.24. The first-order valence-electron chi connectivity index (χ1n) is 10.8. The van der Waals surface area contributed by atoms with Gasteiger partial charge in [0.25, 0.3) is 11.1 Å². The minimum absolute atomic E-state index is 0.0998. The molecule has 3 aromatic rings. The molecular formula is C26H19BrF2N2O5S. The third-order valence-corrected chi connectivity index (χ3v) is 6.60.